The molecule has 0 aliphatic carbocycles. The lowest BCUT2D eigenvalue weighted by molar-refractivity contribution is 0.379. The van der Waals surface area contributed by atoms with Crippen LogP contribution >= 0.6 is 0 Å². The van der Waals surface area contributed by atoms with E-state index in [-0.39, 0.29) is 6.01 Å². The molecule has 0 aliphatic heterocycles. The van der Waals surface area contributed by atoms with Crippen molar-refractivity contribution in [3.63, 3.8) is 0 Å². The Morgan fingerprint density at radius 3 is 2.65 bits per heavy atom. The van der Waals surface area contributed by atoms with Crippen LogP contribution in [-0.4, -0.2) is 38.9 Å². The maximum Gasteiger partial charge on any atom is 0.322 e. The Balaban J connectivity index is 2.13. The normalized spacial score (nSPS) is 10.4. The number of nitrogens with one attached hydrogen (secondary N) is 2. The van der Waals surface area contributed by atoms with Crippen LogP contribution < -0.4 is 15.4 Å². The number of rotatable bonds is 6. The van der Waals surface area contributed by atoms with Crippen LogP contribution in [0.15, 0.2) is 6.20 Å². The standard InChI is InChI=1S/C12H19N7O/c1-5-9-8(7-19(3)18-9)6-14-11-15-10(13-2)16-12(17-11)20-4/h7H,5-6H2,1-4H3,(H2,13,14,15,16,17). The fourth-order valence-corrected chi connectivity index (χ4v) is 1.84. The van der Waals surface area contributed by atoms with Gasteiger partial charge in [0.1, 0.15) is 0 Å². The smallest absolute Gasteiger partial charge is 0.322 e. The Morgan fingerprint density at radius 1 is 1.25 bits per heavy atom. The molecule has 0 radical (unpaired) electrons. The van der Waals surface area contributed by atoms with Gasteiger partial charge in [-0.15, -0.1) is 0 Å². The number of hydrogen-bond acceptors (Lipinski definition) is 7. The quantitative estimate of drug-likeness (QED) is 0.808. The fraction of sp³-hybridized carbons (Fsp3) is 0.500. The van der Waals surface area contributed by atoms with E-state index in [1.54, 1.807) is 7.05 Å². The van der Waals surface area contributed by atoms with Gasteiger partial charge < -0.3 is 15.4 Å². The molecule has 8 nitrogen and oxygen atoms in total. The minimum Gasteiger partial charge on any atom is -0.467 e. The third-order valence-electron chi connectivity index (χ3n) is 2.78. The number of nitrogens with zero attached hydrogens (tertiary/aromatic N) is 5. The molecular formula is C12H19N7O. The summed E-state index contributed by atoms with van der Waals surface area (Å²) in [4.78, 5) is 12.4. The van der Waals surface area contributed by atoms with E-state index in [1.807, 2.05) is 17.9 Å². The summed E-state index contributed by atoms with van der Waals surface area (Å²) < 4.78 is 6.85. The predicted molar refractivity (Wildman–Crippen MR) is 75.8 cm³/mol. The number of aromatic nitrogens is 5. The maximum absolute atomic E-state index is 5.04. The van der Waals surface area contributed by atoms with E-state index in [0.29, 0.717) is 18.4 Å². The summed E-state index contributed by atoms with van der Waals surface area (Å²) in [5.41, 5.74) is 2.19. The van der Waals surface area contributed by atoms with E-state index in [2.05, 4.69) is 37.6 Å². The number of methoxy groups -OCH3 is 1. The highest BCUT2D eigenvalue weighted by Crippen LogP contribution is 2.13. The minimum atomic E-state index is 0.272. The van der Waals surface area contributed by atoms with Gasteiger partial charge >= 0.3 is 6.01 Å². The first-order valence-corrected chi connectivity index (χ1v) is 6.39. The maximum atomic E-state index is 5.04. The zero-order valence-corrected chi connectivity index (χ0v) is 12.1. The molecule has 0 saturated carbocycles. The molecule has 0 aliphatic rings. The average molecular weight is 277 g/mol. The highest BCUT2D eigenvalue weighted by atomic mass is 16.5. The number of aryl methyl sites for hydroxylation is 2. The van der Waals surface area contributed by atoms with Gasteiger partial charge in [-0.25, -0.2) is 0 Å². The van der Waals surface area contributed by atoms with Crippen molar-refractivity contribution in [2.75, 3.05) is 24.8 Å². The largest absolute Gasteiger partial charge is 0.467 e. The summed E-state index contributed by atoms with van der Waals surface area (Å²) in [6, 6.07) is 0.272. The van der Waals surface area contributed by atoms with Gasteiger partial charge in [0.2, 0.25) is 11.9 Å². The Bertz CT molecular complexity index is 559. The van der Waals surface area contributed by atoms with E-state index in [1.165, 1.54) is 7.11 Å². The molecule has 2 heterocycles. The first-order valence-electron chi connectivity index (χ1n) is 6.39. The van der Waals surface area contributed by atoms with Crippen LogP contribution in [-0.2, 0) is 20.0 Å². The van der Waals surface area contributed by atoms with Crippen molar-refractivity contribution >= 4 is 11.9 Å². The molecule has 0 fully saturated rings. The van der Waals surface area contributed by atoms with Crippen molar-refractivity contribution in [2.45, 2.75) is 19.9 Å². The number of ether oxygens (including phenoxy) is 1. The lowest BCUT2D eigenvalue weighted by atomic mass is 10.2. The first-order chi connectivity index (χ1) is 9.66. The van der Waals surface area contributed by atoms with Crippen LogP contribution in [0.2, 0.25) is 0 Å². The number of hydrogen-bond donors (Lipinski definition) is 2. The van der Waals surface area contributed by atoms with Crippen molar-refractivity contribution in [1.29, 1.82) is 0 Å². The van der Waals surface area contributed by atoms with Gasteiger partial charge in [0.15, 0.2) is 0 Å². The van der Waals surface area contributed by atoms with Gasteiger partial charge in [-0.2, -0.15) is 20.1 Å². The van der Waals surface area contributed by atoms with Gasteiger partial charge in [0, 0.05) is 32.4 Å². The van der Waals surface area contributed by atoms with Gasteiger partial charge in [0.25, 0.3) is 0 Å². The van der Waals surface area contributed by atoms with E-state index in [0.717, 1.165) is 17.7 Å². The van der Waals surface area contributed by atoms with Gasteiger partial charge in [-0.1, -0.05) is 6.92 Å². The molecule has 0 amide bonds. The second-order valence-corrected chi connectivity index (χ2v) is 4.20. The summed E-state index contributed by atoms with van der Waals surface area (Å²) in [7, 11) is 5.18. The Hall–Kier alpha value is -2.38. The van der Waals surface area contributed by atoms with Gasteiger partial charge in [0.05, 0.1) is 12.8 Å². The molecule has 0 spiro atoms. The molecule has 0 atom stereocenters. The van der Waals surface area contributed by atoms with Gasteiger partial charge in [-0.05, 0) is 6.42 Å². The SMILES string of the molecule is CCc1nn(C)cc1CNc1nc(NC)nc(OC)n1. The van der Waals surface area contributed by atoms with Crippen molar-refractivity contribution in [2.24, 2.45) is 7.05 Å². The topological polar surface area (TPSA) is 89.8 Å². The van der Waals surface area contributed by atoms with Crippen molar-refractivity contribution in [1.82, 2.24) is 24.7 Å². The predicted octanol–water partition coefficient (Wildman–Crippen LogP) is 0.830. The highest BCUT2D eigenvalue weighted by molar-refractivity contribution is 5.36. The van der Waals surface area contributed by atoms with Crippen LogP contribution in [0.1, 0.15) is 18.2 Å². The lowest BCUT2D eigenvalue weighted by Gasteiger charge is -2.07. The zero-order valence-electron chi connectivity index (χ0n) is 12.1. The molecular weight excluding hydrogens is 258 g/mol. The third kappa shape index (κ3) is 3.14. The van der Waals surface area contributed by atoms with Crippen LogP contribution in [0.3, 0.4) is 0 Å². The molecule has 2 rings (SSSR count). The molecule has 0 saturated heterocycles. The summed E-state index contributed by atoms with van der Waals surface area (Å²) >= 11 is 0. The third-order valence-corrected chi connectivity index (χ3v) is 2.78. The molecule has 0 unspecified atom stereocenters. The van der Waals surface area contributed by atoms with E-state index >= 15 is 0 Å². The van der Waals surface area contributed by atoms with E-state index in [9.17, 15) is 0 Å². The zero-order chi connectivity index (χ0) is 14.5. The highest BCUT2D eigenvalue weighted by Gasteiger charge is 2.08. The first kappa shape index (κ1) is 14.0. The van der Waals surface area contributed by atoms with E-state index < -0.39 is 0 Å². The second-order valence-electron chi connectivity index (χ2n) is 4.20. The van der Waals surface area contributed by atoms with Crippen LogP contribution in [0, 0.1) is 0 Å². The van der Waals surface area contributed by atoms with Crippen LogP contribution in [0.25, 0.3) is 0 Å². The van der Waals surface area contributed by atoms with Crippen molar-refractivity contribution in [3.8, 4) is 6.01 Å². The van der Waals surface area contributed by atoms with Crippen molar-refractivity contribution in [3.05, 3.63) is 17.5 Å². The summed E-state index contributed by atoms with van der Waals surface area (Å²) in [6.45, 7) is 2.68. The summed E-state index contributed by atoms with van der Waals surface area (Å²) in [5.74, 6) is 0.924. The Morgan fingerprint density at radius 2 is 2.00 bits per heavy atom. The Kier molecular flexibility index (Phi) is 4.34. The average Bonchev–Trinajstić information content (AvgIpc) is 2.84. The molecule has 0 bridgehead atoms. The van der Waals surface area contributed by atoms with Gasteiger partial charge in [-0.3, -0.25) is 4.68 Å². The molecule has 8 heteroatoms. The molecule has 2 aromatic heterocycles. The summed E-state index contributed by atoms with van der Waals surface area (Å²) in [6.07, 6.45) is 2.88. The molecule has 2 aromatic rings. The number of anilines is 2. The molecule has 20 heavy (non-hydrogen) atoms. The molecule has 2 N–H and O–H groups in total. The molecule has 0 aromatic carbocycles. The fourth-order valence-electron chi connectivity index (χ4n) is 1.84. The lowest BCUT2D eigenvalue weighted by Crippen LogP contribution is -2.08. The summed E-state index contributed by atoms with van der Waals surface area (Å²) in [5, 5.41) is 10.4. The van der Waals surface area contributed by atoms with Crippen LogP contribution in [0.5, 0.6) is 6.01 Å². The molecule has 108 valence electrons. The van der Waals surface area contributed by atoms with Crippen LogP contribution in [0.4, 0.5) is 11.9 Å². The minimum absolute atomic E-state index is 0.272. The monoisotopic (exact) mass is 277 g/mol. The van der Waals surface area contributed by atoms with Crippen molar-refractivity contribution < 1.29 is 4.74 Å². The second kappa shape index (κ2) is 6.18. The van der Waals surface area contributed by atoms with E-state index in [4.69, 9.17) is 4.74 Å². The Labute approximate surface area is 117 Å².